The van der Waals surface area contributed by atoms with Gasteiger partial charge in [-0.25, -0.2) is 0 Å². The van der Waals surface area contributed by atoms with Crippen molar-refractivity contribution in [2.75, 3.05) is 12.5 Å². The van der Waals surface area contributed by atoms with Crippen molar-refractivity contribution in [1.29, 1.82) is 0 Å². The zero-order valence-electron chi connectivity index (χ0n) is 6.99. The summed E-state index contributed by atoms with van der Waals surface area (Å²) < 4.78 is 0. The summed E-state index contributed by atoms with van der Waals surface area (Å²) in [7, 11) is 0. The smallest absolute Gasteiger partial charge is 0.0713 e. The van der Waals surface area contributed by atoms with Crippen molar-refractivity contribution in [2.24, 2.45) is 0 Å². The van der Waals surface area contributed by atoms with E-state index >= 15 is 0 Å². The van der Waals surface area contributed by atoms with Crippen LogP contribution in [0.5, 0.6) is 0 Å². The molecule has 0 spiro atoms. The predicted molar refractivity (Wildman–Crippen MR) is 58.9 cm³/mol. The van der Waals surface area contributed by atoms with Crippen LogP contribution in [0.2, 0.25) is 10.0 Å². The first-order valence-corrected chi connectivity index (χ1v) is 5.23. The molecule has 1 rings (SSSR count). The molecule has 0 fully saturated rings. The van der Waals surface area contributed by atoms with Crippen molar-refractivity contribution in [3.63, 3.8) is 0 Å². The van der Waals surface area contributed by atoms with Gasteiger partial charge >= 0.3 is 0 Å². The second-order valence-electron chi connectivity index (χ2n) is 2.62. The van der Waals surface area contributed by atoms with E-state index < -0.39 is 0 Å². The van der Waals surface area contributed by atoms with E-state index in [4.69, 9.17) is 34.8 Å². The molecule has 1 aromatic carbocycles. The number of rotatable bonds is 4. The summed E-state index contributed by atoms with van der Waals surface area (Å²) in [5.74, 6) is 0. The first kappa shape index (κ1) is 11.1. The third-order valence-electron chi connectivity index (χ3n) is 1.68. The third kappa shape index (κ3) is 3.74. The van der Waals surface area contributed by atoms with Gasteiger partial charge in [0.1, 0.15) is 0 Å². The second-order valence-corrected chi connectivity index (χ2v) is 3.73. The van der Waals surface area contributed by atoms with Crippen LogP contribution in [0.3, 0.4) is 0 Å². The molecule has 13 heavy (non-hydrogen) atoms. The molecule has 1 nitrogen and oxygen atoms in total. The minimum atomic E-state index is 0.464. The zero-order chi connectivity index (χ0) is 9.68. The maximum Gasteiger partial charge on any atom is 0.0713 e. The Morgan fingerprint density at radius 3 is 2.62 bits per heavy atom. The highest BCUT2D eigenvalue weighted by atomic mass is 35.5. The number of hydrogen-bond acceptors (Lipinski definition) is 1. The fourth-order valence-corrected chi connectivity index (χ4v) is 1.65. The molecule has 0 atom stereocenters. The van der Waals surface area contributed by atoms with E-state index in [-0.39, 0.29) is 0 Å². The first-order valence-electron chi connectivity index (χ1n) is 3.94. The molecule has 4 heteroatoms. The van der Waals surface area contributed by atoms with Crippen LogP contribution in [0.4, 0.5) is 0 Å². The van der Waals surface area contributed by atoms with Crippen LogP contribution in [-0.2, 0) is 6.42 Å². The molecular weight excluding hydrogens is 228 g/mol. The minimum absolute atomic E-state index is 0.464. The van der Waals surface area contributed by atoms with Crippen molar-refractivity contribution in [3.8, 4) is 0 Å². The lowest BCUT2D eigenvalue weighted by molar-refractivity contribution is 0.771. The van der Waals surface area contributed by atoms with Gasteiger partial charge in [0, 0.05) is 16.6 Å². The first-order chi connectivity index (χ1) is 6.24. The molecule has 0 amide bonds. The van der Waals surface area contributed by atoms with Gasteiger partial charge in [-0.2, -0.15) is 0 Å². The maximum atomic E-state index is 5.96. The Labute approximate surface area is 93.0 Å². The van der Waals surface area contributed by atoms with Crippen LogP contribution in [-0.4, -0.2) is 12.5 Å². The van der Waals surface area contributed by atoms with Crippen molar-refractivity contribution >= 4 is 34.8 Å². The van der Waals surface area contributed by atoms with E-state index in [1.807, 2.05) is 12.1 Å². The van der Waals surface area contributed by atoms with Gasteiger partial charge in [0.25, 0.3) is 0 Å². The Balaban J connectivity index is 2.56. The third-order valence-corrected chi connectivity index (χ3v) is 2.46. The highest BCUT2D eigenvalue weighted by molar-refractivity contribution is 6.35. The summed E-state index contributed by atoms with van der Waals surface area (Å²) in [6.07, 6.45) is 0.864. The van der Waals surface area contributed by atoms with Crippen LogP contribution in [0, 0.1) is 0 Å². The quantitative estimate of drug-likeness (QED) is 0.482. The number of alkyl halides is 1. The molecule has 1 N–H and O–H groups in total. The molecule has 0 saturated heterocycles. The summed E-state index contributed by atoms with van der Waals surface area (Å²) in [5, 5.41) is 4.39. The second kappa shape index (κ2) is 5.71. The molecule has 0 aliphatic rings. The highest BCUT2D eigenvalue weighted by Crippen LogP contribution is 2.20. The van der Waals surface area contributed by atoms with Gasteiger partial charge in [0.2, 0.25) is 0 Å². The highest BCUT2D eigenvalue weighted by Gasteiger charge is 1.99. The normalized spacial score (nSPS) is 10.4. The lowest BCUT2D eigenvalue weighted by Crippen LogP contribution is -2.14. The molecule has 0 aliphatic heterocycles. The molecule has 0 heterocycles. The van der Waals surface area contributed by atoms with E-state index in [1.54, 1.807) is 6.07 Å². The standard InChI is InChI=1S/C9H10Cl3N/c10-6-13-4-3-7-1-2-8(11)5-9(7)12/h1-2,5,13H,3-4,6H2. The van der Waals surface area contributed by atoms with Crippen molar-refractivity contribution in [3.05, 3.63) is 33.8 Å². The van der Waals surface area contributed by atoms with E-state index in [9.17, 15) is 0 Å². The fourth-order valence-electron chi connectivity index (χ4n) is 1.01. The van der Waals surface area contributed by atoms with E-state index in [0.29, 0.717) is 16.0 Å². The number of hydrogen-bond donors (Lipinski definition) is 1. The van der Waals surface area contributed by atoms with E-state index in [1.165, 1.54) is 0 Å². The Hall–Kier alpha value is 0.0500. The summed E-state index contributed by atoms with van der Waals surface area (Å²) in [4.78, 5) is 0. The Morgan fingerprint density at radius 2 is 2.00 bits per heavy atom. The Bertz CT molecular complexity index is 276. The van der Waals surface area contributed by atoms with Gasteiger partial charge in [-0.15, -0.1) is 11.6 Å². The topological polar surface area (TPSA) is 12.0 Å². The van der Waals surface area contributed by atoms with Crippen LogP contribution in [0.1, 0.15) is 5.56 Å². The zero-order valence-corrected chi connectivity index (χ0v) is 9.26. The van der Waals surface area contributed by atoms with Crippen molar-refractivity contribution in [2.45, 2.75) is 6.42 Å². The van der Waals surface area contributed by atoms with Gasteiger partial charge in [0.15, 0.2) is 0 Å². The molecule has 0 saturated carbocycles. The molecule has 0 radical (unpaired) electrons. The average Bonchev–Trinajstić information content (AvgIpc) is 2.09. The van der Waals surface area contributed by atoms with Crippen LogP contribution in [0.25, 0.3) is 0 Å². The van der Waals surface area contributed by atoms with Crippen LogP contribution in [0.15, 0.2) is 18.2 Å². The summed E-state index contributed by atoms with van der Waals surface area (Å²) in [6, 6.07) is 5.98. The monoisotopic (exact) mass is 237 g/mol. The number of halogens is 3. The Kier molecular flexibility index (Phi) is 4.89. The van der Waals surface area contributed by atoms with E-state index in [2.05, 4.69) is 5.32 Å². The number of benzene rings is 1. The summed E-state index contributed by atoms with van der Waals surface area (Å²) in [6.45, 7) is 0.824. The minimum Gasteiger partial charge on any atom is -0.304 e. The van der Waals surface area contributed by atoms with Gasteiger partial charge in [0.05, 0.1) is 6.00 Å². The summed E-state index contributed by atoms with van der Waals surface area (Å²) in [5.41, 5.74) is 1.09. The summed E-state index contributed by atoms with van der Waals surface area (Å²) >= 11 is 17.2. The average molecular weight is 239 g/mol. The largest absolute Gasteiger partial charge is 0.304 e. The molecule has 0 aromatic heterocycles. The molecule has 72 valence electrons. The lowest BCUT2D eigenvalue weighted by Gasteiger charge is -2.04. The van der Waals surface area contributed by atoms with Gasteiger partial charge in [-0.3, -0.25) is 0 Å². The van der Waals surface area contributed by atoms with Crippen molar-refractivity contribution in [1.82, 2.24) is 5.32 Å². The lowest BCUT2D eigenvalue weighted by atomic mass is 10.1. The Morgan fingerprint density at radius 1 is 1.23 bits per heavy atom. The molecule has 0 unspecified atom stereocenters. The van der Waals surface area contributed by atoms with Gasteiger partial charge in [-0.05, 0) is 24.1 Å². The fraction of sp³-hybridized carbons (Fsp3) is 0.333. The van der Waals surface area contributed by atoms with E-state index in [0.717, 1.165) is 18.5 Å². The van der Waals surface area contributed by atoms with Crippen LogP contribution < -0.4 is 5.32 Å². The van der Waals surface area contributed by atoms with Gasteiger partial charge in [-0.1, -0.05) is 29.3 Å². The molecular formula is C9H10Cl3N. The molecule has 1 aromatic rings. The molecule has 0 aliphatic carbocycles. The predicted octanol–water partition coefficient (Wildman–Crippen LogP) is 3.32. The van der Waals surface area contributed by atoms with Crippen molar-refractivity contribution < 1.29 is 0 Å². The van der Waals surface area contributed by atoms with Gasteiger partial charge < -0.3 is 5.32 Å². The maximum absolute atomic E-state index is 5.96. The number of nitrogens with one attached hydrogen (secondary N) is 1. The van der Waals surface area contributed by atoms with Crippen LogP contribution >= 0.6 is 34.8 Å². The SMILES string of the molecule is ClCNCCc1ccc(Cl)cc1Cl. The molecule has 0 bridgehead atoms.